The fourth-order valence-electron chi connectivity index (χ4n) is 4.49. The first-order valence-electron chi connectivity index (χ1n) is 11.1. The number of benzene rings is 2. The van der Waals surface area contributed by atoms with Gasteiger partial charge in [0.15, 0.2) is 11.5 Å². The Morgan fingerprint density at radius 2 is 1.86 bits per heavy atom. The normalized spacial score (nSPS) is 15.0. The van der Waals surface area contributed by atoms with Gasteiger partial charge in [0.2, 0.25) is 5.91 Å². The van der Waals surface area contributed by atoms with Crippen molar-refractivity contribution in [3.05, 3.63) is 89.6 Å². The molecule has 1 aliphatic rings. The summed E-state index contributed by atoms with van der Waals surface area (Å²) in [5.74, 6) is 0.617. The second kappa shape index (κ2) is 8.17. The molecule has 4 heterocycles. The molecule has 172 valence electrons. The van der Waals surface area contributed by atoms with Crippen molar-refractivity contribution in [3.8, 4) is 5.82 Å². The Morgan fingerprint density at radius 3 is 2.66 bits per heavy atom. The molecule has 0 saturated carbocycles. The summed E-state index contributed by atoms with van der Waals surface area (Å²) in [6.45, 7) is 1.92. The van der Waals surface area contributed by atoms with E-state index in [-0.39, 0.29) is 17.7 Å². The molecule has 0 saturated heterocycles. The van der Waals surface area contributed by atoms with Crippen LogP contribution in [0.1, 0.15) is 39.5 Å². The summed E-state index contributed by atoms with van der Waals surface area (Å²) in [4.78, 5) is 41.0. The summed E-state index contributed by atoms with van der Waals surface area (Å²) in [7, 11) is 0. The third-order valence-electron chi connectivity index (χ3n) is 6.11. The number of aryl methyl sites for hydroxylation is 1. The Labute approximate surface area is 199 Å². The summed E-state index contributed by atoms with van der Waals surface area (Å²) in [6, 6.07) is 16.6. The minimum absolute atomic E-state index is 0.111. The number of carbonyl (C=O) groups excluding carboxylic acids is 2. The van der Waals surface area contributed by atoms with Crippen molar-refractivity contribution in [2.24, 2.45) is 0 Å². The van der Waals surface area contributed by atoms with Crippen molar-refractivity contribution >= 4 is 34.5 Å². The summed E-state index contributed by atoms with van der Waals surface area (Å²) in [5, 5.41) is 10.6. The molecule has 0 aliphatic carbocycles. The molecule has 10 heteroatoms. The van der Waals surface area contributed by atoms with E-state index >= 15 is 0 Å². The lowest BCUT2D eigenvalue weighted by Crippen LogP contribution is -2.25. The van der Waals surface area contributed by atoms with Gasteiger partial charge >= 0.3 is 0 Å². The van der Waals surface area contributed by atoms with Crippen molar-refractivity contribution in [1.29, 1.82) is 0 Å². The van der Waals surface area contributed by atoms with Crippen LogP contribution in [0.3, 0.4) is 0 Å². The highest BCUT2D eigenvalue weighted by Gasteiger charge is 2.33. The minimum atomic E-state index is -0.189. The van der Waals surface area contributed by atoms with E-state index in [0.717, 1.165) is 16.8 Å². The van der Waals surface area contributed by atoms with Crippen LogP contribution in [0.2, 0.25) is 0 Å². The topological polar surface area (TPSA) is 130 Å². The van der Waals surface area contributed by atoms with Crippen molar-refractivity contribution in [2.45, 2.75) is 19.3 Å². The van der Waals surface area contributed by atoms with Gasteiger partial charge in [-0.3, -0.25) is 9.59 Å². The first-order chi connectivity index (χ1) is 17.1. The molecule has 2 amide bonds. The zero-order chi connectivity index (χ0) is 23.9. The lowest BCUT2D eigenvalue weighted by molar-refractivity contribution is -0.116. The highest BCUT2D eigenvalue weighted by Crippen LogP contribution is 2.40. The Balaban J connectivity index is 1.34. The van der Waals surface area contributed by atoms with Crippen LogP contribution in [-0.4, -0.2) is 41.5 Å². The number of H-pyrrole nitrogens is 1. The van der Waals surface area contributed by atoms with Crippen molar-refractivity contribution in [3.63, 3.8) is 0 Å². The average Bonchev–Trinajstić information content (AvgIpc) is 3.49. The molecule has 3 N–H and O–H groups in total. The molecule has 3 aromatic heterocycles. The number of aromatic amines is 1. The van der Waals surface area contributed by atoms with Gasteiger partial charge in [-0.25, -0.2) is 15.0 Å². The highest BCUT2D eigenvalue weighted by molar-refractivity contribution is 6.04. The maximum Gasteiger partial charge on any atom is 0.255 e. The Hall–Kier alpha value is -4.86. The van der Waals surface area contributed by atoms with E-state index in [1.807, 2.05) is 49.4 Å². The van der Waals surface area contributed by atoms with Crippen LogP contribution in [0.25, 0.3) is 17.0 Å². The maximum absolute atomic E-state index is 12.7. The molecule has 5 aromatic rings. The number of imidazole rings is 1. The van der Waals surface area contributed by atoms with Crippen LogP contribution in [-0.2, 0) is 4.79 Å². The number of aromatic nitrogens is 6. The highest BCUT2D eigenvalue weighted by atomic mass is 16.2. The van der Waals surface area contributed by atoms with Crippen LogP contribution in [0.4, 0.5) is 11.5 Å². The van der Waals surface area contributed by atoms with Gasteiger partial charge in [0.1, 0.15) is 17.7 Å². The van der Waals surface area contributed by atoms with Gasteiger partial charge in [-0.2, -0.15) is 9.78 Å². The van der Waals surface area contributed by atoms with Crippen LogP contribution in [0.15, 0.2) is 67.3 Å². The molecule has 6 rings (SSSR count). The monoisotopic (exact) mass is 464 g/mol. The molecule has 0 radical (unpaired) electrons. The van der Waals surface area contributed by atoms with E-state index in [4.69, 9.17) is 5.10 Å². The van der Waals surface area contributed by atoms with E-state index in [0.29, 0.717) is 40.5 Å². The first kappa shape index (κ1) is 20.7. The van der Waals surface area contributed by atoms with E-state index in [9.17, 15) is 9.59 Å². The number of rotatable bonds is 4. The molecule has 1 unspecified atom stereocenters. The Kier molecular flexibility index (Phi) is 4.84. The van der Waals surface area contributed by atoms with E-state index < -0.39 is 0 Å². The predicted molar refractivity (Wildman–Crippen MR) is 129 cm³/mol. The molecular weight excluding hydrogens is 444 g/mol. The molecule has 0 bridgehead atoms. The smallest absolute Gasteiger partial charge is 0.255 e. The van der Waals surface area contributed by atoms with Crippen molar-refractivity contribution < 1.29 is 9.59 Å². The third-order valence-corrected chi connectivity index (χ3v) is 6.11. The van der Waals surface area contributed by atoms with Crippen LogP contribution < -0.4 is 10.6 Å². The minimum Gasteiger partial charge on any atom is -0.340 e. The molecular formula is C25H20N8O2. The lowest BCUT2D eigenvalue weighted by atomic mass is 9.86. The van der Waals surface area contributed by atoms with Crippen molar-refractivity contribution in [1.82, 2.24) is 29.7 Å². The number of nitrogens with zero attached hydrogens (tertiary/aromatic N) is 5. The van der Waals surface area contributed by atoms with Crippen LogP contribution in [0, 0.1) is 6.92 Å². The second-order valence-electron chi connectivity index (χ2n) is 8.30. The number of carbonyl (C=O) groups is 2. The summed E-state index contributed by atoms with van der Waals surface area (Å²) >= 11 is 0. The zero-order valence-electron chi connectivity index (χ0n) is 18.7. The number of amides is 2. The SMILES string of the molecule is Cc1nn(-c2ncnc3nc[nH]c23)c2c1C(c1ccc(NC(=O)c3ccccc3)cc1)CC(=O)N2. The largest absolute Gasteiger partial charge is 0.340 e. The number of nitrogens with one attached hydrogen (secondary N) is 3. The first-order valence-corrected chi connectivity index (χ1v) is 11.1. The van der Waals surface area contributed by atoms with Gasteiger partial charge in [0.25, 0.3) is 5.91 Å². The molecule has 10 nitrogen and oxygen atoms in total. The maximum atomic E-state index is 12.7. The lowest BCUT2D eigenvalue weighted by Gasteiger charge is -2.24. The molecule has 35 heavy (non-hydrogen) atoms. The average molecular weight is 464 g/mol. The van der Waals surface area contributed by atoms with Gasteiger partial charge in [0.05, 0.1) is 12.0 Å². The summed E-state index contributed by atoms with van der Waals surface area (Å²) in [5.41, 5.74) is 5.09. The van der Waals surface area contributed by atoms with E-state index in [2.05, 4.69) is 30.6 Å². The number of anilines is 2. The zero-order valence-corrected chi connectivity index (χ0v) is 18.7. The number of hydrogen-bond donors (Lipinski definition) is 3. The number of fused-ring (bicyclic) bond motifs is 2. The molecule has 0 fully saturated rings. The molecule has 0 spiro atoms. The van der Waals surface area contributed by atoms with Gasteiger partial charge in [-0.15, -0.1) is 0 Å². The summed E-state index contributed by atoms with van der Waals surface area (Å²) in [6.07, 6.45) is 3.26. The third kappa shape index (κ3) is 3.61. The molecule has 1 aliphatic heterocycles. The fourth-order valence-corrected chi connectivity index (χ4v) is 4.49. The standard InChI is InChI=1S/C25H20N8O2/c1-14-20-18(15-7-9-17(10-8-15)30-25(35)16-5-3-2-4-6-16)11-19(34)31-23(20)33(32-14)24-21-22(27-12-26-21)28-13-29-24/h2-10,12-13,18H,11H2,1H3,(H,30,35)(H,31,34)(H,26,27,28,29). The number of hydrogen-bond acceptors (Lipinski definition) is 6. The van der Waals surface area contributed by atoms with Crippen molar-refractivity contribution in [2.75, 3.05) is 10.6 Å². The van der Waals surface area contributed by atoms with Crippen LogP contribution in [0.5, 0.6) is 0 Å². The van der Waals surface area contributed by atoms with Crippen LogP contribution >= 0.6 is 0 Å². The van der Waals surface area contributed by atoms with Gasteiger partial charge < -0.3 is 15.6 Å². The van der Waals surface area contributed by atoms with Gasteiger partial charge in [-0.1, -0.05) is 30.3 Å². The van der Waals surface area contributed by atoms with Gasteiger partial charge in [-0.05, 0) is 36.8 Å². The quantitative estimate of drug-likeness (QED) is 0.373. The Bertz CT molecular complexity index is 1570. The summed E-state index contributed by atoms with van der Waals surface area (Å²) < 4.78 is 1.63. The van der Waals surface area contributed by atoms with E-state index in [1.54, 1.807) is 23.1 Å². The second-order valence-corrected chi connectivity index (χ2v) is 8.30. The molecule has 1 atom stereocenters. The Morgan fingerprint density at radius 1 is 1.06 bits per heavy atom. The predicted octanol–water partition coefficient (Wildman–Crippen LogP) is 3.57. The molecule has 2 aromatic carbocycles. The van der Waals surface area contributed by atoms with Gasteiger partial charge in [0, 0.05) is 29.2 Å². The van der Waals surface area contributed by atoms with E-state index in [1.165, 1.54) is 6.33 Å². The fraction of sp³-hybridized carbons (Fsp3) is 0.120.